The summed E-state index contributed by atoms with van der Waals surface area (Å²) in [5, 5.41) is 13.3. The van der Waals surface area contributed by atoms with Gasteiger partial charge in [-0.05, 0) is 57.9 Å². The summed E-state index contributed by atoms with van der Waals surface area (Å²) in [6.07, 6.45) is 5.48. The molecule has 0 aromatic heterocycles. The van der Waals surface area contributed by atoms with Crippen molar-refractivity contribution in [1.82, 2.24) is 10.2 Å². The lowest BCUT2D eigenvalue weighted by Crippen LogP contribution is -2.62. The van der Waals surface area contributed by atoms with Gasteiger partial charge in [-0.15, -0.1) is 0 Å². The van der Waals surface area contributed by atoms with Crippen molar-refractivity contribution in [3.63, 3.8) is 0 Å². The SMILES string of the molecule is CC(C)CC(C)N(C)CC(NC1CC1)(C(=O)O)C1CC1. The number of rotatable bonds is 9. The topological polar surface area (TPSA) is 52.6 Å². The predicted octanol–water partition coefficient (Wildman–Crippen LogP) is 2.34. The van der Waals surface area contributed by atoms with Crippen LogP contribution < -0.4 is 5.32 Å². The number of hydrogen-bond donors (Lipinski definition) is 2. The smallest absolute Gasteiger partial charge is 0.325 e. The van der Waals surface area contributed by atoms with E-state index in [1.807, 2.05) is 0 Å². The fourth-order valence-corrected chi connectivity index (χ4v) is 3.18. The maximum Gasteiger partial charge on any atom is 0.325 e. The monoisotopic (exact) mass is 282 g/mol. The summed E-state index contributed by atoms with van der Waals surface area (Å²) in [5.74, 6) is 0.300. The Bertz CT molecular complexity index is 350. The molecule has 0 aromatic carbocycles. The summed E-state index contributed by atoms with van der Waals surface area (Å²) in [6, 6.07) is 0.856. The Kier molecular flexibility index (Phi) is 4.75. The van der Waals surface area contributed by atoms with E-state index in [1.54, 1.807) is 0 Å². The summed E-state index contributed by atoms with van der Waals surface area (Å²) in [4.78, 5) is 14.2. The van der Waals surface area contributed by atoms with Crippen LogP contribution in [-0.4, -0.2) is 47.2 Å². The lowest BCUT2D eigenvalue weighted by Gasteiger charge is -2.37. The second kappa shape index (κ2) is 6.02. The van der Waals surface area contributed by atoms with Gasteiger partial charge in [-0.1, -0.05) is 13.8 Å². The van der Waals surface area contributed by atoms with Crippen LogP contribution >= 0.6 is 0 Å². The quantitative estimate of drug-likeness (QED) is 0.681. The van der Waals surface area contributed by atoms with E-state index in [1.165, 1.54) is 0 Å². The molecule has 0 aromatic rings. The molecule has 2 fully saturated rings. The highest BCUT2D eigenvalue weighted by Gasteiger charge is 2.53. The van der Waals surface area contributed by atoms with Crippen molar-refractivity contribution in [2.75, 3.05) is 13.6 Å². The third kappa shape index (κ3) is 3.73. The molecule has 2 atom stereocenters. The molecule has 2 aliphatic carbocycles. The molecule has 2 N–H and O–H groups in total. The molecule has 0 heterocycles. The van der Waals surface area contributed by atoms with Gasteiger partial charge in [0.1, 0.15) is 5.54 Å². The Morgan fingerprint density at radius 2 is 1.90 bits per heavy atom. The molecule has 0 bridgehead atoms. The standard InChI is InChI=1S/C16H30N2O2/c1-11(2)9-12(3)18(4)10-16(15(19)20,13-5-6-13)17-14-7-8-14/h11-14,17H,5-10H2,1-4H3,(H,19,20). The number of carboxylic acids is 1. The first kappa shape index (κ1) is 15.8. The highest BCUT2D eigenvalue weighted by atomic mass is 16.4. The van der Waals surface area contributed by atoms with Crippen molar-refractivity contribution in [1.29, 1.82) is 0 Å². The van der Waals surface area contributed by atoms with Crippen LogP contribution in [0.5, 0.6) is 0 Å². The normalized spacial score (nSPS) is 23.9. The molecule has 0 amide bonds. The minimum absolute atomic E-state index is 0.314. The molecule has 2 rings (SSSR count). The lowest BCUT2D eigenvalue weighted by molar-refractivity contribution is -0.147. The van der Waals surface area contributed by atoms with Crippen LogP contribution in [0.3, 0.4) is 0 Å². The summed E-state index contributed by atoms with van der Waals surface area (Å²) in [7, 11) is 2.07. The average molecular weight is 282 g/mol. The zero-order valence-electron chi connectivity index (χ0n) is 13.4. The first-order valence-corrected chi connectivity index (χ1v) is 8.06. The Balaban J connectivity index is 2.04. The van der Waals surface area contributed by atoms with Gasteiger partial charge < -0.3 is 10.0 Å². The number of nitrogens with one attached hydrogen (secondary N) is 1. The van der Waals surface area contributed by atoms with Gasteiger partial charge in [0.2, 0.25) is 0 Å². The molecule has 20 heavy (non-hydrogen) atoms. The van der Waals surface area contributed by atoms with Gasteiger partial charge in [-0.2, -0.15) is 0 Å². The number of nitrogens with zero attached hydrogens (tertiary/aromatic N) is 1. The minimum Gasteiger partial charge on any atom is -0.480 e. The Morgan fingerprint density at radius 1 is 1.30 bits per heavy atom. The zero-order chi connectivity index (χ0) is 14.9. The van der Waals surface area contributed by atoms with Crippen molar-refractivity contribution in [2.45, 2.75) is 70.5 Å². The van der Waals surface area contributed by atoms with Gasteiger partial charge in [-0.25, -0.2) is 0 Å². The third-order valence-corrected chi connectivity index (χ3v) is 4.76. The van der Waals surface area contributed by atoms with Crippen LogP contribution in [0, 0.1) is 11.8 Å². The highest BCUT2D eigenvalue weighted by Crippen LogP contribution is 2.42. The van der Waals surface area contributed by atoms with E-state index in [9.17, 15) is 9.90 Å². The first-order valence-electron chi connectivity index (χ1n) is 8.06. The average Bonchev–Trinajstić information content (AvgIpc) is 3.20. The van der Waals surface area contributed by atoms with E-state index in [0.717, 1.165) is 32.1 Å². The summed E-state index contributed by atoms with van der Waals surface area (Å²) >= 11 is 0. The van der Waals surface area contributed by atoms with Crippen LogP contribution in [0.25, 0.3) is 0 Å². The van der Waals surface area contributed by atoms with Crippen molar-refractivity contribution in [3.8, 4) is 0 Å². The zero-order valence-corrected chi connectivity index (χ0v) is 13.4. The Hall–Kier alpha value is -0.610. The molecule has 4 heteroatoms. The number of aliphatic carboxylic acids is 1. The number of likely N-dealkylation sites (N-methyl/N-ethyl adjacent to an activating group) is 1. The second-order valence-corrected chi connectivity index (χ2v) is 7.36. The predicted molar refractivity (Wildman–Crippen MR) is 80.8 cm³/mol. The van der Waals surface area contributed by atoms with E-state index in [2.05, 4.69) is 38.0 Å². The van der Waals surface area contributed by atoms with Crippen LogP contribution in [0.1, 0.15) is 52.9 Å². The number of carbonyl (C=O) groups is 1. The summed E-state index contributed by atoms with van der Waals surface area (Å²) < 4.78 is 0. The Labute approximate surface area is 122 Å². The van der Waals surface area contributed by atoms with Gasteiger partial charge in [0, 0.05) is 18.6 Å². The molecule has 0 saturated heterocycles. The molecule has 0 radical (unpaired) electrons. The van der Waals surface area contributed by atoms with Crippen LogP contribution in [0.4, 0.5) is 0 Å². The van der Waals surface area contributed by atoms with Crippen molar-refractivity contribution < 1.29 is 9.90 Å². The van der Waals surface area contributed by atoms with E-state index < -0.39 is 11.5 Å². The Morgan fingerprint density at radius 3 is 2.30 bits per heavy atom. The molecule has 2 saturated carbocycles. The van der Waals surface area contributed by atoms with Crippen LogP contribution in [0.2, 0.25) is 0 Å². The van der Waals surface area contributed by atoms with Gasteiger partial charge in [0.15, 0.2) is 0 Å². The van der Waals surface area contributed by atoms with E-state index >= 15 is 0 Å². The second-order valence-electron chi connectivity index (χ2n) is 7.36. The van der Waals surface area contributed by atoms with E-state index in [-0.39, 0.29) is 0 Å². The minimum atomic E-state index is -0.721. The molecule has 116 valence electrons. The fourth-order valence-electron chi connectivity index (χ4n) is 3.18. The van der Waals surface area contributed by atoms with E-state index in [0.29, 0.717) is 30.5 Å². The van der Waals surface area contributed by atoms with Gasteiger partial charge in [0.25, 0.3) is 0 Å². The van der Waals surface area contributed by atoms with Crippen molar-refractivity contribution in [2.24, 2.45) is 11.8 Å². The third-order valence-electron chi connectivity index (χ3n) is 4.76. The van der Waals surface area contributed by atoms with Gasteiger partial charge in [0.05, 0.1) is 0 Å². The van der Waals surface area contributed by atoms with Gasteiger partial charge in [-0.3, -0.25) is 10.1 Å². The molecular weight excluding hydrogens is 252 g/mol. The highest BCUT2D eigenvalue weighted by molar-refractivity contribution is 5.80. The molecule has 0 aliphatic heterocycles. The molecular formula is C16H30N2O2. The van der Waals surface area contributed by atoms with E-state index in [4.69, 9.17) is 0 Å². The summed E-state index contributed by atoms with van der Waals surface area (Å²) in [6.45, 7) is 7.27. The largest absolute Gasteiger partial charge is 0.480 e. The van der Waals surface area contributed by atoms with Gasteiger partial charge >= 0.3 is 5.97 Å². The van der Waals surface area contributed by atoms with Crippen LogP contribution in [0.15, 0.2) is 0 Å². The maximum absolute atomic E-state index is 12.0. The summed E-state index contributed by atoms with van der Waals surface area (Å²) in [5.41, 5.74) is -0.721. The number of carboxylic acid groups (broad SMARTS) is 1. The lowest BCUT2D eigenvalue weighted by atomic mass is 9.91. The van der Waals surface area contributed by atoms with Crippen molar-refractivity contribution >= 4 is 5.97 Å². The number of hydrogen-bond acceptors (Lipinski definition) is 3. The van der Waals surface area contributed by atoms with Crippen molar-refractivity contribution in [3.05, 3.63) is 0 Å². The molecule has 0 spiro atoms. The molecule has 2 unspecified atom stereocenters. The fraction of sp³-hybridized carbons (Fsp3) is 0.938. The molecule has 4 nitrogen and oxygen atoms in total. The van der Waals surface area contributed by atoms with Crippen LogP contribution in [-0.2, 0) is 4.79 Å². The molecule has 2 aliphatic rings. The maximum atomic E-state index is 12.0. The first-order chi connectivity index (χ1) is 9.35.